The van der Waals surface area contributed by atoms with Gasteiger partial charge in [-0.3, -0.25) is 4.79 Å². The van der Waals surface area contributed by atoms with Gasteiger partial charge in [0.1, 0.15) is 0 Å². The van der Waals surface area contributed by atoms with Crippen molar-refractivity contribution in [3.05, 3.63) is 16.7 Å². The van der Waals surface area contributed by atoms with Crippen molar-refractivity contribution < 1.29 is 4.74 Å². The molecule has 1 aromatic heterocycles. The van der Waals surface area contributed by atoms with Crippen LogP contribution in [0.5, 0.6) is 5.75 Å². The van der Waals surface area contributed by atoms with Crippen molar-refractivity contribution in [3.8, 4) is 5.75 Å². The first-order valence-electron chi connectivity index (χ1n) is 6.33. The smallest absolute Gasteiger partial charge is 0.295 e. The molecular weight excluding hydrogens is 232 g/mol. The molecule has 0 saturated carbocycles. The number of hydrogen-bond donors (Lipinski definition) is 2. The highest BCUT2D eigenvalue weighted by Crippen LogP contribution is 2.27. The second-order valence-corrected chi connectivity index (χ2v) is 4.62. The zero-order chi connectivity index (χ0) is 13.0. The molecule has 0 bridgehead atoms. The third-order valence-electron chi connectivity index (χ3n) is 3.39. The van der Waals surface area contributed by atoms with Gasteiger partial charge in [-0.1, -0.05) is 0 Å². The molecule has 0 amide bonds. The molecule has 1 fully saturated rings. The Balaban J connectivity index is 2.20. The van der Waals surface area contributed by atoms with Gasteiger partial charge in [-0.2, -0.15) is 0 Å². The van der Waals surface area contributed by atoms with Crippen LogP contribution in [0.15, 0.2) is 11.1 Å². The van der Waals surface area contributed by atoms with E-state index in [0.717, 1.165) is 25.9 Å². The molecule has 6 heteroatoms. The molecule has 0 aromatic carbocycles. The SMILES string of the molecule is COc1c(N2CCCC(CCN)C2)nc[nH]c1=O. The molecule has 100 valence electrons. The second kappa shape index (κ2) is 5.86. The van der Waals surface area contributed by atoms with Crippen LogP contribution in [0, 0.1) is 5.92 Å². The number of H-pyrrole nitrogens is 1. The van der Waals surface area contributed by atoms with Crippen molar-refractivity contribution in [2.24, 2.45) is 11.7 Å². The van der Waals surface area contributed by atoms with Crippen molar-refractivity contribution in [3.63, 3.8) is 0 Å². The Hall–Kier alpha value is -1.56. The van der Waals surface area contributed by atoms with Crippen LogP contribution in [0.4, 0.5) is 5.82 Å². The number of nitrogens with two attached hydrogens (primary N) is 1. The van der Waals surface area contributed by atoms with E-state index in [-0.39, 0.29) is 5.56 Å². The molecule has 2 rings (SSSR count). The molecule has 3 N–H and O–H groups in total. The molecule has 0 radical (unpaired) electrons. The largest absolute Gasteiger partial charge is 0.489 e. The normalized spacial score (nSPS) is 19.9. The van der Waals surface area contributed by atoms with Crippen molar-refractivity contribution in [2.45, 2.75) is 19.3 Å². The number of nitrogens with zero attached hydrogens (tertiary/aromatic N) is 2. The predicted molar refractivity (Wildman–Crippen MR) is 70.0 cm³/mol. The fourth-order valence-corrected chi connectivity index (χ4v) is 2.52. The summed E-state index contributed by atoms with van der Waals surface area (Å²) in [6.07, 6.45) is 4.73. The molecule has 6 nitrogen and oxygen atoms in total. The highest BCUT2D eigenvalue weighted by molar-refractivity contribution is 5.50. The quantitative estimate of drug-likeness (QED) is 0.807. The van der Waals surface area contributed by atoms with E-state index in [2.05, 4.69) is 14.9 Å². The number of piperidine rings is 1. The van der Waals surface area contributed by atoms with Crippen LogP contribution in [0.25, 0.3) is 0 Å². The van der Waals surface area contributed by atoms with E-state index in [0.29, 0.717) is 24.0 Å². The zero-order valence-electron chi connectivity index (χ0n) is 10.7. The highest BCUT2D eigenvalue weighted by Gasteiger charge is 2.23. The standard InChI is InChI=1S/C12H20N4O2/c1-18-10-11(14-8-15-12(10)17)16-6-2-3-9(7-16)4-5-13/h8-9H,2-7,13H2,1H3,(H,14,15,17). The van der Waals surface area contributed by atoms with E-state index in [4.69, 9.17) is 10.5 Å². The molecule has 1 aliphatic rings. The maximum Gasteiger partial charge on any atom is 0.295 e. The van der Waals surface area contributed by atoms with Crippen molar-refractivity contribution in [2.75, 3.05) is 31.6 Å². The lowest BCUT2D eigenvalue weighted by atomic mass is 9.95. The van der Waals surface area contributed by atoms with Gasteiger partial charge in [0.25, 0.3) is 5.56 Å². The zero-order valence-corrected chi connectivity index (χ0v) is 10.7. The van der Waals surface area contributed by atoms with E-state index < -0.39 is 0 Å². The average Bonchev–Trinajstić information content (AvgIpc) is 2.39. The van der Waals surface area contributed by atoms with Crippen LogP contribution in [-0.4, -0.2) is 36.7 Å². The summed E-state index contributed by atoms with van der Waals surface area (Å²) in [6.45, 7) is 2.51. The monoisotopic (exact) mass is 252 g/mol. The second-order valence-electron chi connectivity index (χ2n) is 4.62. The van der Waals surface area contributed by atoms with Crippen molar-refractivity contribution in [1.29, 1.82) is 0 Å². The van der Waals surface area contributed by atoms with E-state index in [1.807, 2.05) is 0 Å². The minimum absolute atomic E-state index is 0.233. The van der Waals surface area contributed by atoms with Crippen molar-refractivity contribution >= 4 is 5.82 Å². The maximum absolute atomic E-state index is 11.7. The molecule has 1 atom stereocenters. The van der Waals surface area contributed by atoms with Crippen LogP contribution in [-0.2, 0) is 0 Å². The van der Waals surface area contributed by atoms with E-state index in [9.17, 15) is 4.79 Å². The molecule has 1 aromatic rings. The predicted octanol–water partition coefficient (Wildman–Crippen LogP) is 0.344. The van der Waals surface area contributed by atoms with Gasteiger partial charge in [-0.15, -0.1) is 0 Å². The average molecular weight is 252 g/mol. The Labute approximate surface area is 106 Å². The topological polar surface area (TPSA) is 84.2 Å². The molecule has 1 unspecified atom stereocenters. The number of nitrogens with one attached hydrogen (secondary N) is 1. The Bertz CT molecular complexity index is 444. The number of aromatic amines is 1. The Kier molecular flexibility index (Phi) is 4.19. The summed E-state index contributed by atoms with van der Waals surface area (Å²) in [5, 5.41) is 0. The summed E-state index contributed by atoms with van der Waals surface area (Å²) >= 11 is 0. The summed E-state index contributed by atoms with van der Waals surface area (Å²) in [6, 6.07) is 0. The van der Waals surface area contributed by atoms with E-state index in [1.54, 1.807) is 0 Å². The van der Waals surface area contributed by atoms with Crippen LogP contribution < -0.4 is 20.9 Å². The van der Waals surface area contributed by atoms with Crippen LogP contribution >= 0.6 is 0 Å². The number of methoxy groups -OCH3 is 1. The molecule has 18 heavy (non-hydrogen) atoms. The molecule has 1 aliphatic heterocycles. The third kappa shape index (κ3) is 2.64. The van der Waals surface area contributed by atoms with Gasteiger partial charge in [0.2, 0.25) is 5.75 Å². The van der Waals surface area contributed by atoms with E-state index >= 15 is 0 Å². The minimum atomic E-state index is -0.233. The first-order valence-corrected chi connectivity index (χ1v) is 6.33. The highest BCUT2D eigenvalue weighted by atomic mass is 16.5. The fourth-order valence-electron chi connectivity index (χ4n) is 2.52. The molecule has 0 aliphatic carbocycles. The fraction of sp³-hybridized carbons (Fsp3) is 0.667. The van der Waals surface area contributed by atoms with Gasteiger partial charge in [-0.25, -0.2) is 4.98 Å². The molecule has 2 heterocycles. The van der Waals surface area contributed by atoms with Gasteiger partial charge in [0.05, 0.1) is 13.4 Å². The van der Waals surface area contributed by atoms with Gasteiger partial charge in [0, 0.05) is 13.1 Å². The number of ether oxygens (including phenoxy) is 1. The molecule has 1 saturated heterocycles. The van der Waals surface area contributed by atoms with Gasteiger partial charge in [-0.05, 0) is 31.7 Å². The first-order chi connectivity index (χ1) is 8.76. The first kappa shape index (κ1) is 12.9. The van der Waals surface area contributed by atoms with Gasteiger partial charge in [0.15, 0.2) is 5.82 Å². The minimum Gasteiger partial charge on any atom is -0.489 e. The molecule has 0 spiro atoms. The summed E-state index contributed by atoms with van der Waals surface area (Å²) in [5.41, 5.74) is 5.38. The Morgan fingerprint density at radius 3 is 3.22 bits per heavy atom. The van der Waals surface area contributed by atoms with Crippen molar-refractivity contribution in [1.82, 2.24) is 9.97 Å². The van der Waals surface area contributed by atoms with Gasteiger partial charge < -0.3 is 20.4 Å². The summed E-state index contributed by atoms with van der Waals surface area (Å²) in [7, 11) is 1.50. The number of anilines is 1. The van der Waals surface area contributed by atoms with E-state index in [1.165, 1.54) is 19.9 Å². The Morgan fingerprint density at radius 2 is 2.50 bits per heavy atom. The summed E-state index contributed by atoms with van der Waals surface area (Å²) in [5.74, 6) is 1.52. The van der Waals surface area contributed by atoms with Gasteiger partial charge >= 0.3 is 0 Å². The third-order valence-corrected chi connectivity index (χ3v) is 3.39. The molecular formula is C12H20N4O2. The number of aromatic nitrogens is 2. The number of hydrogen-bond acceptors (Lipinski definition) is 5. The number of rotatable bonds is 4. The van der Waals surface area contributed by atoms with Crippen LogP contribution in [0.3, 0.4) is 0 Å². The van der Waals surface area contributed by atoms with Crippen LogP contribution in [0.1, 0.15) is 19.3 Å². The summed E-state index contributed by atoms with van der Waals surface area (Å²) < 4.78 is 5.15. The lowest BCUT2D eigenvalue weighted by Gasteiger charge is -2.33. The lowest BCUT2D eigenvalue weighted by molar-refractivity contribution is 0.378. The summed E-state index contributed by atoms with van der Waals surface area (Å²) in [4.78, 5) is 20.5. The van der Waals surface area contributed by atoms with Crippen LogP contribution in [0.2, 0.25) is 0 Å². The Morgan fingerprint density at radius 1 is 1.67 bits per heavy atom. The maximum atomic E-state index is 11.7. The lowest BCUT2D eigenvalue weighted by Crippen LogP contribution is -2.37.